The Hall–Kier alpha value is -3.35. The van der Waals surface area contributed by atoms with E-state index >= 15 is 0 Å². The van der Waals surface area contributed by atoms with E-state index in [0.717, 1.165) is 30.8 Å². The molecule has 7 nitrogen and oxygen atoms in total. The number of anilines is 4. The minimum absolute atomic E-state index is 0.590. The number of benzene rings is 2. The Labute approximate surface area is 158 Å². The molecule has 1 N–H and O–H groups in total. The van der Waals surface area contributed by atoms with Gasteiger partial charge in [-0.05, 0) is 36.6 Å². The Morgan fingerprint density at radius 2 is 1.89 bits per heavy atom. The third-order valence-corrected chi connectivity index (χ3v) is 4.56. The number of ether oxygens (including phenoxy) is 2. The van der Waals surface area contributed by atoms with E-state index in [-0.39, 0.29) is 0 Å². The molecule has 0 radical (unpaired) electrons. The summed E-state index contributed by atoms with van der Waals surface area (Å²) in [6.45, 7) is 0.874. The normalized spacial score (nSPS) is 13.0. The molecule has 4 rings (SSSR count). The maximum Gasteiger partial charge on any atom is 0.251 e. The van der Waals surface area contributed by atoms with Crippen LogP contribution in [0.25, 0.3) is 0 Å². The van der Waals surface area contributed by atoms with Crippen LogP contribution in [-0.4, -0.2) is 35.9 Å². The molecule has 3 aromatic rings. The van der Waals surface area contributed by atoms with Gasteiger partial charge in [-0.25, -0.2) is 0 Å². The molecule has 0 saturated carbocycles. The van der Waals surface area contributed by atoms with Crippen LogP contribution in [0.5, 0.6) is 11.5 Å². The van der Waals surface area contributed by atoms with E-state index in [9.17, 15) is 0 Å². The number of hydrogen-bond acceptors (Lipinski definition) is 7. The van der Waals surface area contributed by atoms with Gasteiger partial charge in [0.05, 0.1) is 20.4 Å². The first-order chi connectivity index (χ1) is 13.3. The highest BCUT2D eigenvalue weighted by Crippen LogP contribution is 2.33. The molecule has 0 saturated heterocycles. The summed E-state index contributed by atoms with van der Waals surface area (Å²) in [5.74, 6) is 2.53. The Morgan fingerprint density at radius 1 is 1.04 bits per heavy atom. The smallest absolute Gasteiger partial charge is 0.251 e. The van der Waals surface area contributed by atoms with Gasteiger partial charge in [-0.3, -0.25) is 0 Å². The monoisotopic (exact) mass is 363 g/mol. The molecule has 2 aromatic carbocycles. The SMILES string of the molecule is COc1ccc(Nc2cnnc(N3CCCc4ccccc43)n2)cc1OC. The Bertz CT molecular complexity index is 947. The van der Waals surface area contributed by atoms with E-state index in [4.69, 9.17) is 9.47 Å². The summed E-state index contributed by atoms with van der Waals surface area (Å²) >= 11 is 0. The fraction of sp³-hybridized carbons (Fsp3) is 0.250. The van der Waals surface area contributed by atoms with Crippen LogP contribution in [-0.2, 0) is 6.42 Å². The number of rotatable bonds is 5. The van der Waals surface area contributed by atoms with E-state index in [1.54, 1.807) is 20.4 Å². The van der Waals surface area contributed by atoms with E-state index in [2.05, 4.69) is 43.6 Å². The molecule has 0 atom stereocenters. The molecule has 1 aliphatic rings. The van der Waals surface area contributed by atoms with Gasteiger partial charge in [-0.2, -0.15) is 10.1 Å². The average molecular weight is 363 g/mol. The zero-order valence-corrected chi connectivity index (χ0v) is 15.3. The predicted molar refractivity (Wildman–Crippen MR) is 104 cm³/mol. The molecular formula is C20H21N5O2. The van der Waals surface area contributed by atoms with Gasteiger partial charge in [0.15, 0.2) is 17.3 Å². The summed E-state index contributed by atoms with van der Waals surface area (Å²) in [7, 11) is 3.22. The summed E-state index contributed by atoms with van der Waals surface area (Å²) in [6, 6.07) is 14.0. The van der Waals surface area contributed by atoms with Crippen LogP contribution in [0.1, 0.15) is 12.0 Å². The minimum atomic E-state index is 0.590. The summed E-state index contributed by atoms with van der Waals surface area (Å²) in [5.41, 5.74) is 3.29. The second-order valence-corrected chi connectivity index (χ2v) is 6.22. The first kappa shape index (κ1) is 17.1. The van der Waals surface area contributed by atoms with Crippen molar-refractivity contribution in [3.63, 3.8) is 0 Å². The van der Waals surface area contributed by atoms with Crippen molar-refractivity contribution in [2.24, 2.45) is 0 Å². The zero-order valence-electron chi connectivity index (χ0n) is 15.3. The number of methoxy groups -OCH3 is 2. The molecule has 0 spiro atoms. The van der Waals surface area contributed by atoms with Crippen LogP contribution in [0.3, 0.4) is 0 Å². The van der Waals surface area contributed by atoms with Crippen molar-refractivity contribution < 1.29 is 9.47 Å². The summed E-state index contributed by atoms with van der Waals surface area (Å²) in [6.07, 6.45) is 3.74. The number of aromatic nitrogens is 3. The van der Waals surface area contributed by atoms with E-state index in [1.807, 2.05) is 24.3 Å². The summed E-state index contributed by atoms with van der Waals surface area (Å²) < 4.78 is 10.6. The lowest BCUT2D eigenvalue weighted by Gasteiger charge is -2.29. The van der Waals surface area contributed by atoms with E-state index in [1.165, 1.54) is 5.56 Å². The molecular weight excluding hydrogens is 342 g/mol. The minimum Gasteiger partial charge on any atom is -0.493 e. The van der Waals surface area contributed by atoms with Crippen LogP contribution in [0, 0.1) is 0 Å². The van der Waals surface area contributed by atoms with Crippen LogP contribution in [0.15, 0.2) is 48.7 Å². The first-order valence-corrected chi connectivity index (χ1v) is 8.82. The molecule has 1 aromatic heterocycles. The van der Waals surface area contributed by atoms with Crippen molar-refractivity contribution in [3.8, 4) is 11.5 Å². The third-order valence-electron chi connectivity index (χ3n) is 4.56. The summed E-state index contributed by atoms with van der Waals surface area (Å²) in [4.78, 5) is 6.77. The lowest BCUT2D eigenvalue weighted by molar-refractivity contribution is 0.355. The fourth-order valence-corrected chi connectivity index (χ4v) is 3.27. The van der Waals surface area contributed by atoms with Crippen molar-refractivity contribution in [3.05, 3.63) is 54.2 Å². The number of fused-ring (bicyclic) bond motifs is 1. The summed E-state index contributed by atoms with van der Waals surface area (Å²) in [5, 5.41) is 11.6. The van der Waals surface area contributed by atoms with Gasteiger partial charge in [0.25, 0.3) is 5.95 Å². The molecule has 7 heteroatoms. The van der Waals surface area contributed by atoms with Crippen molar-refractivity contribution >= 4 is 23.1 Å². The quantitative estimate of drug-likeness (QED) is 0.741. The van der Waals surface area contributed by atoms with Gasteiger partial charge in [-0.15, -0.1) is 5.10 Å². The molecule has 0 bridgehead atoms. The number of hydrogen-bond donors (Lipinski definition) is 1. The van der Waals surface area contributed by atoms with Gasteiger partial charge in [-0.1, -0.05) is 18.2 Å². The number of nitrogens with one attached hydrogen (secondary N) is 1. The predicted octanol–water partition coefficient (Wildman–Crippen LogP) is 3.72. The highest BCUT2D eigenvalue weighted by molar-refractivity contribution is 5.65. The highest BCUT2D eigenvalue weighted by Gasteiger charge is 2.20. The van der Waals surface area contributed by atoms with Crippen molar-refractivity contribution in [2.75, 3.05) is 31.0 Å². The first-order valence-electron chi connectivity index (χ1n) is 8.82. The third kappa shape index (κ3) is 3.48. The number of nitrogens with zero attached hydrogens (tertiary/aromatic N) is 4. The van der Waals surface area contributed by atoms with Gasteiger partial charge in [0.1, 0.15) is 0 Å². The molecule has 2 heterocycles. The molecule has 0 unspecified atom stereocenters. The maximum absolute atomic E-state index is 5.35. The second-order valence-electron chi connectivity index (χ2n) is 6.22. The Kier molecular flexibility index (Phi) is 4.74. The Morgan fingerprint density at radius 3 is 2.74 bits per heavy atom. The van der Waals surface area contributed by atoms with Crippen LogP contribution in [0.2, 0.25) is 0 Å². The average Bonchev–Trinajstić information content (AvgIpc) is 2.73. The van der Waals surface area contributed by atoms with Crippen molar-refractivity contribution in [1.82, 2.24) is 15.2 Å². The second kappa shape index (κ2) is 7.49. The zero-order chi connectivity index (χ0) is 18.6. The maximum atomic E-state index is 5.35. The topological polar surface area (TPSA) is 72.4 Å². The molecule has 1 aliphatic heterocycles. The lowest BCUT2D eigenvalue weighted by Crippen LogP contribution is -2.26. The van der Waals surface area contributed by atoms with Crippen LogP contribution < -0.4 is 19.7 Å². The van der Waals surface area contributed by atoms with Gasteiger partial charge in [0, 0.05) is 24.0 Å². The van der Waals surface area contributed by atoms with Crippen molar-refractivity contribution in [1.29, 1.82) is 0 Å². The van der Waals surface area contributed by atoms with E-state index in [0.29, 0.717) is 23.3 Å². The van der Waals surface area contributed by atoms with Crippen molar-refractivity contribution in [2.45, 2.75) is 12.8 Å². The Balaban J connectivity index is 1.61. The number of para-hydroxylation sites is 1. The van der Waals surface area contributed by atoms with Crippen LogP contribution in [0.4, 0.5) is 23.1 Å². The molecule has 138 valence electrons. The molecule has 0 amide bonds. The van der Waals surface area contributed by atoms with Crippen LogP contribution >= 0.6 is 0 Å². The molecule has 0 fully saturated rings. The standard InChI is InChI=1S/C20H21N5O2/c1-26-17-10-9-15(12-18(17)27-2)22-19-13-21-24-20(23-19)25-11-5-7-14-6-3-4-8-16(14)25/h3-4,6,8-10,12-13H,5,7,11H2,1-2H3,(H,22,23,24). The fourth-order valence-electron chi connectivity index (χ4n) is 3.27. The molecule has 0 aliphatic carbocycles. The lowest BCUT2D eigenvalue weighted by atomic mass is 10.0. The van der Waals surface area contributed by atoms with E-state index < -0.39 is 0 Å². The molecule has 27 heavy (non-hydrogen) atoms. The number of aryl methyl sites for hydroxylation is 1. The largest absolute Gasteiger partial charge is 0.493 e. The van der Waals surface area contributed by atoms with Gasteiger partial charge >= 0.3 is 0 Å². The highest BCUT2D eigenvalue weighted by atomic mass is 16.5. The van der Waals surface area contributed by atoms with Gasteiger partial charge in [0.2, 0.25) is 0 Å². The van der Waals surface area contributed by atoms with Gasteiger partial charge < -0.3 is 19.7 Å².